The lowest BCUT2D eigenvalue weighted by atomic mass is 9.95. The molecule has 5 nitrogen and oxygen atoms in total. The Morgan fingerprint density at radius 3 is 2.82 bits per heavy atom. The summed E-state index contributed by atoms with van der Waals surface area (Å²) in [7, 11) is 0. The second-order valence-electron chi connectivity index (χ2n) is 3.09. The molecule has 1 heterocycles. The average molecular weight is 159 g/mol. The van der Waals surface area contributed by atoms with Crippen molar-refractivity contribution in [3.05, 3.63) is 10.1 Å². The molecule has 5 heteroatoms. The maximum Gasteiger partial charge on any atom is 0.225 e. The van der Waals surface area contributed by atoms with Crippen molar-refractivity contribution in [2.24, 2.45) is 11.7 Å². The van der Waals surface area contributed by atoms with Crippen LogP contribution in [-0.2, 0) is 0 Å². The van der Waals surface area contributed by atoms with Crippen molar-refractivity contribution in [2.45, 2.75) is 25.6 Å². The minimum absolute atomic E-state index is 0.0776. The number of nitrogens with two attached hydrogens (primary N) is 1. The Labute approximate surface area is 65.1 Å². The first kappa shape index (κ1) is 8.42. The number of hydrogen-bond donors (Lipinski definition) is 2. The fraction of sp³-hybridized carbons (Fsp3) is 1.00. The molecule has 0 aromatic heterocycles. The van der Waals surface area contributed by atoms with E-state index in [0.717, 1.165) is 0 Å². The highest BCUT2D eigenvalue weighted by atomic mass is 16.6. The Morgan fingerprint density at radius 2 is 2.36 bits per heavy atom. The SMILES string of the molecule is CC1CC([N+](=O)[O-])CNC1N. The largest absolute Gasteiger partial charge is 0.316 e. The zero-order chi connectivity index (χ0) is 8.43. The number of nitro groups is 1. The fourth-order valence-corrected chi connectivity index (χ4v) is 1.29. The summed E-state index contributed by atoms with van der Waals surface area (Å²) in [6.07, 6.45) is 0.507. The van der Waals surface area contributed by atoms with Crippen LogP contribution in [0.15, 0.2) is 0 Å². The first-order chi connectivity index (χ1) is 5.11. The van der Waals surface area contributed by atoms with Crippen LogP contribution in [0.5, 0.6) is 0 Å². The number of rotatable bonds is 1. The third-order valence-corrected chi connectivity index (χ3v) is 2.14. The molecular formula is C6H13N3O2. The van der Waals surface area contributed by atoms with E-state index in [1.54, 1.807) is 0 Å². The predicted octanol–water partition coefficient (Wildman–Crippen LogP) is -0.454. The van der Waals surface area contributed by atoms with Crippen LogP contribution in [0.3, 0.4) is 0 Å². The van der Waals surface area contributed by atoms with Crippen molar-refractivity contribution < 1.29 is 4.92 Å². The third kappa shape index (κ3) is 1.87. The van der Waals surface area contributed by atoms with E-state index >= 15 is 0 Å². The Kier molecular flexibility index (Phi) is 2.41. The smallest absolute Gasteiger partial charge is 0.225 e. The van der Waals surface area contributed by atoms with E-state index in [1.165, 1.54) is 0 Å². The van der Waals surface area contributed by atoms with Gasteiger partial charge in [-0.15, -0.1) is 0 Å². The Bertz CT molecular complexity index is 162. The topological polar surface area (TPSA) is 81.2 Å². The summed E-state index contributed by atoms with van der Waals surface area (Å²) in [6.45, 7) is 2.33. The van der Waals surface area contributed by atoms with Crippen LogP contribution in [0.2, 0.25) is 0 Å². The summed E-state index contributed by atoms with van der Waals surface area (Å²) in [5.41, 5.74) is 5.61. The van der Waals surface area contributed by atoms with Crippen LogP contribution in [0.4, 0.5) is 0 Å². The second kappa shape index (κ2) is 3.15. The van der Waals surface area contributed by atoms with Gasteiger partial charge in [0.15, 0.2) is 0 Å². The van der Waals surface area contributed by atoms with E-state index < -0.39 is 6.04 Å². The molecule has 0 aromatic carbocycles. The Hall–Kier alpha value is -0.680. The van der Waals surface area contributed by atoms with E-state index in [2.05, 4.69) is 5.32 Å². The molecule has 0 aromatic rings. The maximum absolute atomic E-state index is 10.3. The van der Waals surface area contributed by atoms with Crippen molar-refractivity contribution in [2.75, 3.05) is 6.54 Å². The summed E-state index contributed by atoms with van der Waals surface area (Å²) < 4.78 is 0. The highest BCUT2D eigenvalue weighted by Crippen LogP contribution is 2.14. The molecule has 0 aliphatic carbocycles. The molecule has 11 heavy (non-hydrogen) atoms. The van der Waals surface area contributed by atoms with Gasteiger partial charge in [0.2, 0.25) is 6.04 Å². The Morgan fingerprint density at radius 1 is 1.73 bits per heavy atom. The van der Waals surface area contributed by atoms with Gasteiger partial charge in [-0.3, -0.25) is 15.4 Å². The molecule has 1 saturated heterocycles. The van der Waals surface area contributed by atoms with Crippen LogP contribution in [0.25, 0.3) is 0 Å². The second-order valence-corrected chi connectivity index (χ2v) is 3.09. The third-order valence-electron chi connectivity index (χ3n) is 2.14. The molecule has 3 atom stereocenters. The summed E-state index contributed by atoms with van der Waals surface area (Å²) in [4.78, 5) is 10.1. The zero-order valence-electron chi connectivity index (χ0n) is 6.49. The van der Waals surface area contributed by atoms with Gasteiger partial charge in [0.1, 0.15) is 0 Å². The van der Waals surface area contributed by atoms with Crippen LogP contribution in [-0.4, -0.2) is 23.7 Å². The van der Waals surface area contributed by atoms with E-state index in [9.17, 15) is 10.1 Å². The van der Waals surface area contributed by atoms with E-state index in [1.807, 2.05) is 6.92 Å². The lowest BCUT2D eigenvalue weighted by Crippen LogP contribution is -2.53. The molecule has 3 unspecified atom stereocenters. The summed E-state index contributed by atoms with van der Waals surface area (Å²) >= 11 is 0. The lowest BCUT2D eigenvalue weighted by molar-refractivity contribution is -0.525. The molecule has 0 saturated carbocycles. The minimum Gasteiger partial charge on any atom is -0.316 e. The van der Waals surface area contributed by atoms with Gasteiger partial charge < -0.3 is 5.73 Å². The highest BCUT2D eigenvalue weighted by molar-refractivity contribution is 4.78. The molecule has 1 aliphatic heterocycles. The number of nitrogens with zero attached hydrogens (tertiary/aromatic N) is 1. The number of piperidine rings is 1. The molecule has 0 bridgehead atoms. The highest BCUT2D eigenvalue weighted by Gasteiger charge is 2.31. The summed E-state index contributed by atoms with van der Waals surface area (Å²) in [5.74, 6) is 0.194. The lowest BCUT2D eigenvalue weighted by Gasteiger charge is -2.28. The molecule has 3 N–H and O–H groups in total. The number of hydrogen-bond acceptors (Lipinski definition) is 4. The van der Waals surface area contributed by atoms with E-state index in [-0.39, 0.29) is 17.0 Å². The monoisotopic (exact) mass is 159 g/mol. The number of nitrogens with one attached hydrogen (secondary N) is 1. The van der Waals surface area contributed by atoms with Gasteiger partial charge in [-0.05, 0) is 5.92 Å². The fourth-order valence-electron chi connectivity index (χ4n) is 1.29. The first-order valence-electron chi connectivity index (χ1n) is 3.73. The molecule has 1 fully saturated rings. The molecule has 1 rings (SSSR count). The van der Waals surface area contributed by atoms with Gasteiger partial charge >= 0.3 is 0 Å². The summed E-state index contributed by atoms with van der Waals surface area (Å²) in [6, 6.07) is -0.454. The zero-order valence-corrected chi connectivity index (χ0v) is 6.49. The maximum atomic E-state index is 10.3. The molecule has 0 radical (unpaired) electrons. The van der Waals surface area contributed by atoms with E-state index in [4.69, 9.17) is 5.73 Å². The molecule has 64 valence electrons. The van der Waals surface area contributed by atoms with Gasteiger partial charge in [0.05, 0.1) is 12.7 Å². The first-order valence-corrected chi connectivity index (χ1v) is 3.73. The van der Waals surface area contributed by atoms with Gasteiger partial charge in [-0.1, -0.05) is 6.92 Å². The molecule has 0 spiro atoms. The molecule has 1 aliphatic rings. The van der Waals surface area contributed by atoms with Crippen LogP contribution in [0.1, 0.15) is 13.3 Å². The normalized spacial score (nSPS) is 38.5. The quantitative estimate of drug-likeness (QED) is 0.401. The van der Waals surface area contributed by atoms with Crippen molar-refractivity contribution >= 4 is 0 Å². The average Bonchev–Trinajstić information content (AvgIpc) is 1.94. The van der Waals surface area contributed by atoms with Gasteiger partial charge in [-0.2, -0.15) is 0 Å². The van der Waals surface area contributed by atoms with Crippen LogP contribution >= 0.6 is 0 Å². The molecule has 0 amide bonds. The van der Waals surface area contributed by atoms with Crippen LogP contribution in [0, 0.1) is 16.0 Å². The van der Waals surface area contributed by atoms with Gasteiger partial charge in [-0.25, -0.2) is 0 Å². The van der Waals surface area contributed by atoms with Gasteiger partial charge in [0, 0.05) is 11.3 Å². The van der Waals surface area contributed by atoms with Gasteiger partial charge in [0.25, 0.3) is 0 Å². The minimum atomic E-state index is -0.454. The standard InChI is InChI=1S/C6H13N3O2/c1-4-2-5(9(10)11)3-8-6(4)7/h4-6,8H,2-3,7H2,1H3. The van der Waals surface area contributed by atoms with Crippen LogP contribution < -0.4 is 11.1 Å². The predicted molar refractivity (Wildman–Crippen MR) is 40.5 cm³/mol. The summed E-state index contributed by atoms with van der Waals surface area (Å²) in [5, 5.41) is 13.2. The van der Waals surface area contributed by atoms with Crippen molar-refractivity contribution in [3.63, 3.8) is 0 Å². The van der Waals surface area contributed by atoms with Crippen molar-refractivity contribution in [3.8, 4) is 0 Å². The van der Waals surface area contributed by atoms with Crippen molar-refractivity contribution in [1.29, 1.82) is 0 Å². The van der Waals surface area contributed by atoms with Crippen molar-refractivity contribution in [1.82, 2.24) is 5.32 Å². The Balaban J connectivity index is 2.46. The van der Waals surface area contributed by atoms with E-state index in [0.29, 0.717) is 13.0 Å². The molecular weight excluding hydrogens is 146 g/mol.